The fraction of sp³-hybridized carbons (Fsp3) is 0.267. The summed E-state index contributed by atoms with van der Waals surface area (Å²) in [5.41, 5.74) is 0.644. The standard InChI is InChI=1S/C15H16N2O4/c1-2-10-21-14-4-3-9-16(15(14)18)11-12-5-7-13(8-6-12)17(19)20/h3-9H,2,10-11H2,1H3. The van der Waals surface area contributed by atoms with Crippen LogP contribution in [0.5, 0.6) is 5.75 Å². The van der Waals surface area contributed by atoms with E-state index in [1.807, 2.05) is 6.92 Å². The molecule has 0 aliphatic carbocycles. The van der Waals surface area contributed by atoms with E-state index in [1.54, 1.807) is 30.5 Å². The summed E-state index contributed by atoms with van der Waals surface area (Å²) in [6.45, 7) is 2.81. The molecule has 0 atom stereocenters. The highest BCUT2D eigenvalue weighted by Crippen LogP contribution is 2.13. The van der Waals surface area contributed by atoms with Crippen LogP contribution in [-0.4, -0.2) is 16.1 Å². The van der Waals surface area contributed by atoms with Gasteiger partial charge in [-0.3, -0.25) is 14.9 Å². The number of hydrogen-bond acceptors (Lipinski definition) is 4. The lowest BCUT2D eigenvalue weighted by atomic mass is 10.2. The Labute approximate surface area is 121 Å². The van der Waals surface area contributed by atoms with Crippen molar-refractivity contribution in [1.29, 1.82) is 0 Å². The van der Waals surface area contributed by atoms with Crippen LogP contribution < -0.4 is 10.3 Å². The van der Waals surface area contributed by atoms with E-state index >= 15 is 0 Å². The molecule has 1 heterocycles. The number of ether oxygens (including phenoxy) is 1. The minimum Gasteiger partial charge on any atom is -0.488 e. The Hall–Kier alpha value is -2.63. The topological polar surface area (TPSA) is 74.4 Å². The number of nitro groups is 1. The smallest absolute Gasteiger partial charge is 0.293 e. The number of aromatic nitrogens is 1. The number of pyridine rings is 1. The molecule has 0 saturated heterocycles. The Balaban J connectivity index is 2.19. The Morgan fingerprint density at radius 2 is 1.95 bits per heavy atom. The lowest BCUT2D eigenvalue weighted by Gasteiger charge is -2.09. The van der Waals surface area contributed by atoms with Crippen molar-refractivity contribution in [1.82, 2.24) is 4.57 Å². The highest BCUT2D eigenvalue weighted by Gasteiger charge is 2.07. The van der Waals surface area contributed by atoms with E-state index in [2.05, 4.69) is 0 Å². The Bertz CT molecular complexity index is 677. The van der Waals surface area contributed by atoms with Gasteiger partial charge in [0.15, 0.2) is 5.75 Å². The summed E-state index contributed by atoms with van der Waals surface area (Å²) in [5.74, 6) is 0.321. The number of nitro benzene ring substituents is 1. The molecule has 0 spiro atoms. The molecule has 21 heavy (non-hydrogen) atoms. The van der Waals surface area contributed by atoms with Gasteiger partial charge in [0.1, 0.15) is 0 Å². The van der Waals surface area contributed by atoms with Crippen LogP contribution in [0.2, 0.25) is 0 Å². The maximum Gasteiger partial charge on any atom is 0.293 e. The first-order valence-electron chi connectivity index (χ1n) is 6.67. The molecule has 0 saturated carbocycles. The van der Waals surface area contributed by atoms with Crippen LogP contribution in [0.25, 0.3) is 0 Å². The van der Waals surface area contributed by atoms with E-state index in [0.29, 0.717) is 18.9 Å². The van der Waals surface area contributed by atoms with E-state index in [9.17, 15) is 14.9 Å². The zero-order valence-electron chi connectivity index (χ0n) is 11.7. The molecule has 0 N–H and O–H groups in total. The second kappa shape index (κ2) is 6.69. The van der Waals surface area contributed by atoms with Crippen molar-refractivity contribution in [3.05, 3.63) is 68.6 Å². The summed E-state index contributed by atoms with van der Waals surface area (Å²) in [5, 5.41) is 10.6. The Morgan fingerprint density at radius 1 is 1.24 bits per heavy atom. The van der Waals surface area contributed by atoms with E-state index in [1.165, 1.54) is 16.7 Å². The van der Waals surface area contributed by atoms with Gasteiger partial charge in [0.2, 0.25) is 0 Å². The summed E-state index contributed by atoms with van der Waals surface area (Å²) >= 11 is 0. The summed E-state index contributed by atoms with van der Waals surface area (Å²) in [7, 11) is 0. The lowest BCUT2D eigenvalue weighted by molar-refractivity contribution is -0.384. The van der Waals surface area contributed by atoms with Crippen LogP contribution in [0.3, 0.4) is 0 Å². The van der Waals surface area contributed by atoms with Crippen molar-refractivity contribution < 1.29 is 9.66 Å². The molecule has 1 aromatic carbocycles. The molecule has 110 valence electrons. The van der Waals surface area contributed by atoms with Gasteiger partial charge in [-0.2, -0.15) is 0 Å². The average molecular weight is 288 g/mol. The van der Waals surface area contributed by atoms with Gasteiger partial charge in [-0.25, -0.2) is 0 Å². The Kier molecular flexibility index (Phi) is 4.71. The maximum atomic E-state index is 12.2. The van der Waals surface area contributed by atoms with Crippen molar-refractivity contribution in [2.24, 2.45) is 0 Å². The van der Waals surface area contributed by atoms with Crippen LogP contribution in [0.1, 0.15) is 18.9 Å². The van der Waals surface area contributed by atoms with Crippen LogP contribution in [0.4, 0.5) is 5.69 Å². The third kappa shape index (κ3) is 3.68. The molecule has 1 aromatic heterocycles. The molecular weight excluding hydrogens is 272 g/mol. The maximum absolute atomic E-state index is 12.2. The quantitative estimate of drug-likeness (QED) is 0.605. The molecule has 0 aliphatic rings. The summed E-state index contributed by atoms with van der Waals surface area (Å²) in [4.78, 5) is 22.3. The van der Waals surface area contributed by atoms with Gasteiger partial charge in [0.05, 0.1) is 18.1 Å². The highest BCUT2D eigenvalue weighted by atomic mass is 16.6. The fourth-order valence-corrected chi connectivity index (χ4v) is 1.88. The zero-order valence-corrected chi connectivity index (χ0v) is 11.7. The molecule has 0 fully saturated rings. The van der Waals surface area contributed by atoms with Crippen molar-refractivity contribution in [2.45, 2.75) is 19.9 Å². The molecule has 0 bridgehead atoms. The largest absolute Gasteiger partial charge is 0.488 e. The molecule has 0 aliphatic heterocycles. The predicted octanol–water partition coefficient (Wildman–Crippen LogP) is 2.59. The normalized spacial score (nSPS) is 10.3. The van der Waals surface area contributed by atoms with Gasteiger partial charge in [0, 0.05) is 18.3 Å². The van der Waals surface area contributed by atoms with Crippen LogP contribution in [0.15, 0.2) is 47.4 Å². The number of non-ortho nitro benzene ring substituents is 1. The Morgan fingerprint density at radius 3 is 2.57 bits per heavy atom. The van der Waals surface area contributed by atoms with Crippen LogP contribution in [-0.2, 0) is 6.54 Å². The predicted molar refractivity (Wildman–Crippen MR) is 78.7 cm³/mol. The molecule has 6 heteroatoms. The molecule has 2 rings (SSSR count). The zero-order chi connectivity index (χ0) is 15.2. The summed E-state index contributed by atoms with van der Waals surface area (Å²) in [6.07, 6.45) is 2.50. The van der Waals surface area contributed by atoms with Crippen molar-refractivity contribution >= 4 is 5.69 Å². The van der Waals surface area contributed by atoms with Crippen LogP contribution in [0, 0.1) is 10.1 Å². The van der Waals surface area contributed by atoms with Gasteiger partial charge >= 0.3 is 0 Å². The van der Waals surface area contributed by atoms with Gasteiger partial charge in [0.25, 0.3) is 11.2 Å². The fourth-order valence-electron chi connectivity index (χ4n) is 1.88. The van der Waals surface area contributed by atoms with E-state index in [-0.39, 0.29) is 11.2 Å². The average Bonchev–Trinajstić information content (AvgIpc) is 2.49. The lowest BCUT2D eigenvalue weighted by Crippen LogP contribution is -2.21. The number of rotatable bonds is 6. The van der Waals surface area contributed by atoms with E-state index in [4.69, 9.17) is 4.74 Å². The third-order valence-corrected chi connectivity index (χ3v) is 2.95. The summed E-state index contributed by atoms with van der Waals surface area (Å²) in [6, 6.07) is 9.53. The monoisotopic (exact) mass is 288 g/mol. The molecule has 0 amide bonds. The van der Waals surface area contributed by atoms with Gasteiger partial charge < -0.3 is 9.30 Å². The number of benzene rings is 1. The molecular formula is C15H16N2O4. The van der Waals surface area contributed by atoms with Crippen LogP contribution >= 0.6 is 0 Å². The first kappa shape index (κ1) is 14.8. The van der Waals surface area contributed by atoms with E-state index < -0.39 is 4.92 Å². The molecule has 0 unspecified atom stereocenters. The SMILES string of the molecule is CCCOc1cccn(Cc2ccc([N+](=O)[O-])cc2)c1=O. The van der Waals surface area contributed by atoms with Gasteiger partial charge in [-0.15, -0.1) is 0 Å². The third-order valence-electron chi connectivity index (χ3n) is 2.95. The number of nitrogens with zero attached hydrogens (tertiary/aromatic N) is 2. The van der Waals surface area contributed by atoms with Crippen molar-refractivity contribution in [3.8, 4) is 5.75 Å². The summed E-state index contributed by atoms with van der Waals surface area (Å²) < 4.78 is 6.91. The van der Waals surface area contributed by atoms with Crippen molar-refractivity contribution in [3.63, 3.8) is 0 Å². The minimum atomic E-state index is -0.449. The van der Waals surface area contributed by atoms with Gasteiger partial charge in [-0.1, -0.05) is 19.1 Å². The molecule has 6 nitrogen and oxygen atoms in total. The molecule has 0 radical (unpaired) electrons. The molecule has 2 aromatic rings. The first-order valence-corrected chi connectivity index (χ1v) is 6.67. The minimum absolute atomic E-state index is 0.0335. The highest BCUT2D eigenvalue weighted by molar-refractivity contribution is 5.33. The second-order valence-corrected chi connectivity index (χ2v) is 4.58. The van der Waals surface area contributed by atoms with Crippen molar-refractivity contribution in [2.75, 3.05) is 6.61 Å². The number of hydrogen-bond donors (Lipinski definition) is 0. The van der Waals surface area contributed by atoms with E-state index in [0.717, 1.165) is 12.0 Å². The second-order valence-electron chi connectivity index (χ2n) is 4.58. The first-order chi connectivity index (χ1) is 10.1. The van der Waals surface area contributed by atoms with Gasteiger partial charge in [-0.05, 0) is 24.1 Å².